The molecule has 0 radical (unpaired) electrons. The van der Waals surface area contributed by atoms with Crippen molar-refractivity contribution in [2.45, 2.75) is 32.6 Å². The highest BCUT2D eigenvalue weighted by atomic mass is 14.7. The van der Waals surface area contributed by atoms with Gasteiger partial charge >= 0.3 is 0 Å². The summed E-state index contributed by atoms with van der Waals surface area (Å²) >= 11 is 0. The molecule has 0 bridgehead atoms. The quantitative estimate of drug-likeness (QED) is 0.727. The highest BCUT2D eigenvalue weighted by molar-refractivity contribution is 5.20. The van der Waals surface area contributed by atoms with Gasteiger partial charge in [-0.25, -0.2) is 0 Å². The number of aryl methyl sites for hydroxylation is 1. The van der Waals surface area contributed by atoms with Gasteiger partial charge in [-0.2, -0.15) is 5.26 Å². The topological polar surface area (TPSA) is 36.7 Å². The van der Waals surface area contributed by atoms with E-state index in [0.717, 1.165) is 31.4 Å². The highest BCUT2D eigenvalue weighted by Crippen LogP contribution is 2.47. The molecule has 2 rings (SSSR count). The van der Waals surface area contributed by atoms with Crippen LogP contribution in [0.25, 0.3) is 0 Å². The minimum Gasteiger partial charge on any atom is -0.261 e. The van der Waals surface area contributed by atoms with Gasteiger partial charge in [-0.3, -0.25) is 4.98 Å². The fourth-order valence-electron chi connectivity index (χ4n) is 1.59. The van der Waals surface area contributed by atoms with Crippen molar-refractivity contribution in [3.63, 3.8) is 0 Å². The molecule has 1 saturated carbocycles. The van der Waals surface area contributed by atoms with E-state index in [1.54, 1.807) is 0 Å². The molecule has 2 heteroatoms. The Balaban J connectivity index is 2.08. The molecule has 0 N–H and O–H groups in total. The second kappa shape index (κ2) is 3.42. The SMILES string of the molecule is CCc1ccc(CC2(C#N)CC2)nc1. The molecule has 0 saturated heterocycles. The maximum atomic E-state index is 8.94. The fraction of sp³-hybridized carbons (Fsp3) is 0.500. The van der Waals surface area contributed by atoms with Crippen LogP contribution in [0.15, 0.2) is 18.3 Å². The van der Waals surface area contributed by atoms with E-state index in [0.29, 0.717) is 0 Å². The molecule has 0 unspecified atom stereocenters. The normalized spacial score (nSPS) is 17.4. The average Bonchev–Trinajstić information content (AvgIpc) is 3.00. The first-order valence-electron chi connectivity index (χ1n) is 5.13. The van der Waals surface area contributed by atoms with E-state index in [2.05, 4.69) is 30.1 Å². The van der Waals surface area contributed by atoms with Crippen molar-refractivity contribution in [1.82, 2.24) is 4.98 Å². The molecule has 2 nitrogen and oxygen atoms in total. The van der Waals surface area contributed by atoms with Gasteiger partial charge in [0.25, 0.3) is 0 Å². The zero-order chi connectivity index (χ0) is 10.0. The Kier molecular flexibility index (Phi) is 2.25. The molecular formula is C12H14N2. The van der Waals surface area contributed by atoms with Crippen LogP contribution in [0.1, 0.15) is 31.0 Å². The predicted molar refractivity (Wildman–Crippen MR) is 54.6 cm³/mol. The molecule has 0 aromatic carbocycles. The van der Waals surface area contributed by atoms with Crippen molar-refractivity contribution in [3.05, 3.63) is 29.6 Å². The van der Waals surface area contributed by atoms with Gasteiger partial charge in [0.2, 0.25) is 0 Å². The molecule has 72 valence electrons. The average molecular weight is 186 g/mol. The second-order valence-electron chi connectivity index (χ2n) is 4.08. The lowest BCUT2D eigenvalue weighted by Crippen LogP contribution is -2.03. The van der Waals surface area contributed by atoms with Gasteiger partial charge < -0.3 is 0 Å². The van der Waals surface area contributed by atoms with Crippen molar-refractivity contribution in [3.8, 4) is 6.07 Å². The minimum atomic E-state index is -0.0687. The predicted octanol–water partition coefficient (Wildman–Crippen LogP) is 2.49. The maximum Gasteiger partial charge on any atom is 0.0693 e. The van der Waals surface area contributed by atoms with Crippen LogP contribution in [0.5, 0.6) is 0 Å². The molecule has 0 spiro atoms. The molecular weight excluding hydrogens is 172 g/mol. The van der Waals surface area contributed by atoms with Crippen LogP contribution < -0.4 is 0 Å². The van der Waals surface area contributed by atoms with E-state index in [9.17, 15) is 0 Å². The zero-order valence-electron chi connectivity index (χ0n) is 8.45. The number of hydrogen-bond donors (Lipinski definition) is 0. The number of pyridine rings is 1. The molecule has 0 atom stereocenters. The Labute approximate surface area is 84.6 Å². The third-order valence-electron chi connectivity index (χ3n) is 2.90. The molecule has 1 aliphatic carbocycles. The summed E-state index contributed by atoms with van der Waals surface area (Å²) in [5.41, 5.74) is 2.25. The Bertz CT molecular complexity index is 355. The molecule has 1 aromatic heterocycles. The number of nitrogens with zero attached hydrogens (tertiary/aromatic N) is 2. The highest BCUT2D eigenvalue weighted by Gasteiger charge is 2.43. The summed E-state index contributed by atoms with van der Waals surface area (Å²) in [4.78, 5) is 4.37. The Hall–Kier alpha value is -1.36. The molecule has 0 amide bonds. The summed E-state index contributed by atoms with van der Waals surface area (Å²) in [6.07, 6.45) is 5.86. The lowest BCUT2D eigenvalue weighted by Gasteiger charge is -2.04. The van der Waals surface area contributed by atoms with Crippen molar-refractivity contribution < 1.29 is 0 Å². The number of nitriles is 1. The number of aromatic nitrogens is 1. The third-order valence-corrected chi connectivity index (χ3v) is 2.90. The van der Waals surface area contributed by atoms with Crippen LogP contribution in [0, 0.1) is 16.7 Å². The van der Waals surface area contributed by atoms with Crippen LogP contribution in [-0.4, -0.2) is 4.98 Å². The lowest BCUT2D eigenvalue weighted by atomic mass is 10.0. The maximum absolute atomic E-state index is 8.94. The van der Waals surface area contributed by atoms with Gasteiger partial charge in [-0.15, -0.1) is 0 Å². The van der Waals surface area contributed by atoms with Crippen molar-refractivity contribution in [1.29, 1.82) is 5.26 Å². The van der Waals surface area contributed by atoms with Gasteiger partial charge in [0.1, 0.15) is 0 Å². The van der Waals surface area contributed by atoms with E-state index in [4.69, 9.17) is 5.26 Å². The summed E-state index contributed by atoms with van der Waals surface area (Å²) in [6.45, 7) is 2.12. The van der Waals surface area contributed by atoms with Crippen LogP contribution in [0.4, 0.5) is 0 Å². The first-order chi connectivity index (χ1) is 6.78. The number of hydrogen-bond acceptors (Lipinski definition) is 2. The minimum absolute atomic E-state index is 0.0687. The van der Waals surface area contributed by atoms with Crippen molar-refractivity contribution in [2.24, 2.45) is 5.41 Å². The summed E-state index contributed by atoms with van der Waals surface area (Å²) in [7, 11) is 0. The summed E-state index contributed by atoms with van der Waals surface area (Å²) in [5, 5.41) is 8.94. The second-order valence-corrected chi connectivity index (χ2v) is 4.08. The molecule has 1 heterocycles. The van der Waals surface area contributed by atoms with Gasteiger partial charge in [0, 0.05) is 18.3 Å². The number of rotatable bonds is 3. The molecule has 14 heavy (non-hydrogen) atoms. The first kappa shape index (κ1) is 9.21. The molecule has 0 aliphatic heterocycles. The Morgan fingerprint density at radius 2 is 2.29 bits per heavy atom. The van der Waals surface area contributed by atoms with Gasteiger partial charge in [0.05, 0.1) is 11.5 Å². The standard InChI is InChI=1S/C12H14N2/c1-2-10-3-4-11(14-8-10)7-12(9-13)5-6-12/h3-4,8H,2,5-7H2,1H3. The summed E-state index contributed by atoms with van der Waals surface area (Å²) < 4.78 is 0. The summed E-state index contributed by atoms with van der Waals surface area (Å²) in [5.74, 6) is 0. The Morgan fingerprint density at radius 3 is 2.71 bits per heavy atom. The monoisotopic (exact) mass is 186 g/mol. The van der Waals surface area contributed by atoms with Gasteiger partial charge in [0.15, 0.2) is 0 Å². The van der Waals surface area contributed by atoms with Crippen molar-refractivity contribution >= 4 is 0 Å². The Morgan fingerprint density at radius 1 is 1.50 bits per heavy atom. The smallest absolute Gasteiger partial charge is 0.0693 e. The third kappa shape index (κ3) is 1.77. The first-order valence-corrected chi connectivity index (χ1v) is 5.13. The summed E-state index contributed by atoms with van der Waals surface area (Å²) in [6, 6.07) is 6.55. The van der Waals surface area contributed by atoms with Gasteiger partial charge in [-0.1, -0.05) is 13.0 Å². The van der Waals surface area contributed by atoms with Gasteiger partial charge in [-0.05, 0) is 30.9 Å². The van der Waals surface area contributed by atoms with E-state index >= 15 is 0 Å². The molecule has 1 aliphatic rings. The molecule has 1 fully saturated rings. The van der Waals surface area contributed by atoms with Crippen LogP contribution >= 0.6 is 0 Å². The van der Waals surface area contributed by atoms with Crippen LogP contribution in [-0.2, 0) is 12.8 Å². The largest absolute Gasteiger partial charge is 0.261 e. The van der Waals surface area contributed by atoms with E-state index in [1.807, 2.05) is 6.20 Å². The molecule has 1 aromatic rings. The lowest BCUT2D eigenvalue weighted by molar-refractivity contribution is 0.650. The van der Waals surface area contributed by atoms with Crippen LogP contribution in [0.2, 0.25) is 0 Å². The van der Waals surface area contributed by atoms with Crippen LogP contribution in [0.3, 0.4) is 0 Å². The zero-order valence-corrected chi connectivity index (χ0v) is 8.45. The van der Waals surface area contributed by atoms with Crippen molar-refractivity contribution in [2.75, 3.05) is 0 Å². The van der Waals surface area contributed by atoms with E-state index < -0.39 is 0 Å². The van der Waals surface area contributed by atoms with E-state index in [1.165, 1.54) is 5.56 Å². The van der Waals surface area contributed by atoms with E-state index in [-0.39, 0.29) is 5.41 Å². The fourth-order valence-corrected chi connectivity index (χ4v) is 1.59.